The van der Waals surface area contributed by atoms with Crippen molar-refractivity contribution in [2.75, 3.05) is 11.6 Å². The Labute approximate surface area is 143 Å². The lowest BCUT2D eigenvalue weighted by Gasteiger charge is -2.07. The van der Waals surface area contributed by atoms with Gasteiger partial charge in [0.25, 0.3) is 5.16 Å². The molecule has 128 valence electrons. The maximum absolute atomic E-state index is 11.8. The van der Waals surface area contributed by atoms with E-state index in [2.05, 4.69) is 30.4 Å². The van der Waals surface area contributed by atoms with Gasteiger partial charge in [-0.3, -0.25) is 0 Å². The summed E-state index contributed by atoms with van der Waals surface area (Å²) in [5.41, 5.74) is 3.34. The molecule has 4 aromatic rings. The van der Waals surface area contributed by atoms with E-state index in [9.17, 15) is 8.42 Å². The lowest BCUT2D eigenvalue weighted by Crippen LogP contribution is -2.13. The summed E-state index contributed by atoms with van der Waals surface area (Å²) >= 11 is 0. The number of benzene rings is 1. The molecule has 0 bridgehead atoms. The highest BCUT2D eigenvalue weighted by atomic mass is 32.2. The molecule has 0 atom stereocenters. The number of rotatable bonds is 4. The molecule has 0 spiro atoms. The minimum atomic E-state index is -3.53. The van der Waals surface area contributed by atoms with E-state index in [4.69, 9.17) is 0 Å². The number of nitrogens with one attached hydrogen (secondary N) is 2. The highest BCUT2D eigenvalue weighted by Crippen LogP contribution is 2.15. The van der Waals surface area contributed by atoms with Crippen molar-refractivity contribution in [3.8, 4) is 0 Å². The zero-order valence-electron chi connectivity index (χ0n) is 13.6. The molecular formula is C15H15N7O2S. The predicted molar refractivity (Wildman–Crippen MR) is 92.0 cm³/mol. The summed E-state index contributed by atoms with van der Waals surface area (Å²) in [5, 5.41) is 6.93. The van der Waals surface area contributed by atoms with Crippen molar-refractivity contribution in [2.24, 2.45) is 0 Å². The second kappa shape index (κ2) is 5.52. The summed E-state index contributed by atoms with van der Waals surface area (Å²) in [7, 11) is -3.53. The average Bonchev–Trinajstić information content (AvgIpc) is 3.17. The van der Waals surface area contributed by atoms with Crippen molar-refractivity contribution in [1.29, 1.82) is 0 Å². The minimum absolute atomic E-state index is 0.247. The highest BCUT2D eigenvalue weighted by molar-refractivity contribution is 7.90. The number of aryl methyl sites for hydroxylation is 1. The van der Waals surface area contributed by atoms with Gasteiger partial charge in [-0.25, -0.2) is 13.4 Å². The van der Waals surface area contributed by atoms with Crippen molar-refractivity contribution in [1.82, 2.24) is 29.5 Å². The third kappa shape index (κ3) is 2.91. The SMILES string of the molecule is Cc1ccc2[nH]c(CNc3nc(S(C)(=O)=O)nc4ccnn34)nc2c1. The quantitative estimate of drug-likeness (QED) is 0.565. The van der Waals surface area contributed by atoms with Gasteiger partial charge in [0.2, 0.25) is 15.8 Å². The Morgan fingerprint density at radius 1 is 1.20 bits per heavy atom. The maximum atomic E-state index is 11.8. The van der Waals surface area contributed by atoms with E-state index in [1.54, 1.807) is 6.07 Å². The molecule has 0 radical (unpaired) electrons. The molecule has 0 amide bonds. The first-order valence-electron chi connectivity index (χ1n) is 7.51. The summed E-state index contributed by atoms with van der Waals surface area (Å²) in [6.45, 7) is 2.34. The number of hydrogen-bond donors (Lipinski definition) is 2. The number of imidazole rings is 1. The number of anilines is 1. The number of aromatic amines is 1. The predicted octanol–water partition coefficient (Wildman–Crippen LogP) is 1.32. The first kappa shape index (κ1) is 15.5. The Morgan fingerprint density at radius 2 is 2.04 bits per heavy atom. The van der Waals surface area contributed by atoms with Crippen molar-refractivity contribution in [3.05, 3.63) is 41.9 Å². The third-order valence-electron chi connectivity index (χ3n) is 3.67. The number of sulfone groups is 1. The fraction of sp³-hybridized carbons (Fsp3) is 0.200. The van der Waals surface area contributed by atoms with Gasteiger partial charge < -0.3 is 10.3 Å². The van der Waals surface area contributed by atoms with E-state index in [1.807, 2.05) is 25.1 Å². The molecule has 9 nitrogen and oxygen atoms in total. The number of H-pyrrole nitrogens is 1. The van der Waals surface area contributed by atoms with E-state index < -0.39 is 9.84 Å². The second-order valence-corrected chi connectivity index (χ2v) is 7.67. The van der Waals surface area contributed by atoms with E-state index in [0.29, 0.717) is 18.0 Å². The Hall–Kier alpha value is -3.01. The van der Waals surface area contributed by atoms with Crippen LogP contribution < -0.4 is 5.32 Å². The first-order chi connectivity index (χ1) is 11.9. The molecule has 25 heavy (non-hydrogen) atoms. The van der Waals surface area contributed by atoms with Crippen LogP contribution in [0.1, 0.15) is 11.4 Å². The van der Waals surface area contributed by atoms with Gasteiger partial charge >= 0.3 is 0 Å². The zero-order chi connectivity index (χ0) is 17.6. The largest absolute Gasteiger partial charge is 0.347 e. The second-order valence-electron chi connectivity index (χ2n) is 5.76. The van der Waals surface area contributed by atoms with Crippen molar-refractivity contribution in [2.45, 2.75) is 18.6 Å². The highest BCUT2D eigenvalue weighted by Gasteiger charge is 2.16. The van der Waals surface area contributed by atoms with Crippen LogP contribution >= 0.6 is 0 Å². The van der Waals surface area contributed by atoms with E-state index in [0.717, 1.165) is 22.9 Å². The summed E-state index contributed by atoms with van der Waals surface area (Å²) in [4.78, 5) is 15.8. The molecule has 0 unspecified atom stereocenters. The summed E-state index contributed by atoms with van der Waals surface area (Å²) in [6, 6.07) is 7.59. The molecule has 0 aliphatic rings. The molecule has 0 aliphatic carbocycles. The smallest absolute Gasteiger partial charge is 0.252 e. The van der Waals surface area contributed by atoms with Gasteiger partial charge in [-0.2, -0.15) is 19.6 Å². The Kier molecular flexibility index (Phi) is 3.42. The molecule has 0 saturated carbocycles. The van der Waals surface area contributed by atoms with Gasteiger partial charge in [0.1, 0.15) is 5.82 Å². The van der Waals surface area contributed by atoms with E-state index in [1.165, 1.54) is 10.7 Å². The number of aromatic nitrogens is 6. The van der Waals surface area contributed by atoms with Gasteiger partial charge in [0.15, 0.2) is 5.65 Å². The van der Waals surface area contributed by atoms with Gasteiger partial charge in [0.05, 0.1) is 23.8 Å². The minimum Gasteiger partial charge on any atom is -0.347 e. The molecule has 2 N–H and O–H groups in total. The van der Waals surface area contributed by atoms with Gasteiger partial charge in [-0.1, -0.05) is 6.07 Å². The zero-order valence-corrected chi connectivity index (χ0v) is 14.4. The summed E-state index contributed by atoms with van der Waals surface area (Å²) in [5.74, 6) is 0.993. The summed E-state index contributed by atoms with van der Waals surface area (Å²) < 4.78 is 25.0. The standard InChI is InChI=1S/C15H15N7O2S/c1-9-3-4-10-11(7-9)19-12(18-10)8-16-14-21-15(25(2,23)24)20-13-5-6-17-22(13)14/h3-7H,8H2,1-2H3,(H,18,19)(H,16,20,21). The fourth-order valence-corrected chi connectivity index (χ4v) is 3.01. The average molecular weight is 357 g/mol. The monoisotopic (exact) mass is 357 g/mol. The van der Waals surface area contributed by atoms with Crippen molar-refractivity contribution in [3.63, 3.8) is 0 Å². The van der Waals surface area contributed by atoms with Gasteiger partial charge in [0, 0.05) is 12.3 Å². The Bertz CT molecular complexity index is 1190. The van der Waals surface area contributed by atoms with Crippen LogP contribution in [0.25, 0.3) is 16.7 Å². The molecule has 10 heteroatoms. The van der Waals surface area contributed by atoms with E-state index >= 15 is 0 Å². The van der Waals surface area contributed by atoms with Crippen LogP contribution in [-0.2, 0) is 16.4 Å². The number of fused-ring (bicyclic) bond motifs is 2. The van der Waals surface area contributed by atoms with Crippen LogP contribution in [0.3, 0.4) is 0 Å². The third-order valence-corrected chi connectivity index (χ3v) is 4.51. The normalized spacial score (nSPS) is 12.1. The molecule has 3 aromatic heterocycles. The van der Waals surface area contributed by atoms with Crippen LogP contribution in [0.5, 0.6) is 0 Å². The van der Waals surface area contributed by atoms with Gasteiger partial charge in [-0.15, -0.1) is 0 Å². The molecule has 1 aromatic carbocycles. The topological polar surface area (TPSA) is 118 Å². The molecular weight excluding hydrogens is 342 g/mol. The fourth-order valence-electron chi connectivity index (χ4n) is 2.50. The van der Waals surface area contributed by atoms with Crippen LogP contribution in [0.2, 0.25) is 0 Å². The molecule has 4 rings (SSSR count). The molecule has 0 aliphatic heterocycles. The van der Waals surface area contributed by atoms with E-state index in [-0.39, 0.29) is 11.1 Å². The Balaban J connectivity index is 1.68. The molecule has 3 heterocycles. The maximum Gasteiger partial charge on any atom is 0.252 e. The van der Waals surface area contributed by atoms with Gasteiger partial charge in [-0.05, 0) is 24.6 Å². The molecule has 0 fully saturated rings. The van der Waals surface area contributed by atoms with Crippen molar-refractivity contribution < 1.29 is 8.42 Å². The Morgan fingerprint density at radius 3 is 2.84 bits per heavy atom. The van der Waals surface area contributed by atoms with Crippen LogP contribution in [0.15, 0.2) is 35.6 Å². The molecule has 0 saturated heterocycles. The summed E-state index contributed by atoms with van der Waals surface area (Å²) in [6.07, 6.45) is 2.60. The lowest BCUT2D eigenvalue weighted by atomic mass is 10.2. The van der Waals surface area contributed by atoms with Crippen LogP contribution in [-0.4, -0.2) is 44.2 Å². The lowest BCUT2D eigenvalue weighted by molar-refractivity contribution is 0.592. The first-order valence-corrected chi connectivity index (χ1v) is 9.40. The van der Waals surface area contributed by atoms with Crippen LogP contribution in [0, 0.1) is 6.92 Å². The number of hydrogen-bond acceptors (Lipinski definition) is 7. The van der Waals surface area contributed by atoms with Crippen LogP contribution in [0.4, 0.5) is 5.95 Å². The number of nitrogens with zero attached hydrogens (tertiary/aromatic N) is 5. The van der Waals surface area contributed by atoms with Crippen molar-refractivity contribution >= 4 is 32.5 Å².